The molecule has 0 spiro atoms. The van der Waals surface area contributed by atoms with Gasteiger partial charge in [0.05, 0.1) is 17.7 Å². The van der Waals surface area contributed by atoms with Crippen LogP contribution in [0.25, 0.3) is 0 Å². The van der Waals surface area contributed by atoms with Crippen LogP contribution in [-0.2, 0) is 6.18 Å². The van der Waals surface area contributed by atoms with E-state index in [0.717, 1.165) is 12.1 Å². The zero-order valence-corrected chi connectivity index (χ0v) is 8.83. The highest BCUT2D eigenvalue weighted by molar-refractivity contribution is 5.28. The van der Waals surface area contributed by atoms with Crippen LogP contribution in [0, 0.1) is 22.7 Å². The monoisotopic (exact) mass is 238 g/mol. The number of nitrogens with zero attached hydrogens (tertiary/aromatic N) is 2. The molecular formula is C12H9F3N2. The lowest BCUT2D eigenvalue weighted by Crippen LogP contribution is -2.05. The van der Waals surface area contributed by atoms with Crippen molar-refractivity contribution in [2.75, 3.05) is 0 Å². The molecule has 1 aromatic rings. The molecule has 1 rings (SSSR count). The number of hydrogen-bond donors (Lipinski definition) is 0. The Kier molecular flexibility index (Phi) is 4.12. The number of benzene rings is 1. The summed E-state index contributed by atoms with van der Waals surface area (Å²) in [7, 11) is 0. The number of nitriles is 2. The summed E-state index contributed by atoms with van der Waals surface area (Å²) in [6, 6.07) is 8.43. The van der Waals surface area contributed by atoms with Crippen LogP contribution in [0.5, 0.6) is 0 Å². The summed E-state index contributed by atoms with van der Waals surface area (Å²) in [6.45, 7) is 0. The van der Waals surface area contributed by atoms with E-state index in [1.54, 1.807) is 0 Å². The van der Waals surface area contributed by atoms with Crippen LogP contribution in [0.2, 0.25) is 0 Å². The first-order chi connectivity index (χ1) is 7.99. The van der Waals surface area contributed by atoms with Gasteiger partial charge in [-0.1, -0.05) is 12.1 Å². The van der Waals surface area contributed by atoms with Crippen molar-refractivity contribution in [3.8, 4) is 12.1 Å². The third-order valence-corrected chi connectivity index (χ3v) is 2.38. The molecule has 88 valence electrons. The predicted molar refractivity (Wildman–Crippen MR) is 54.6 cm³/mol. The van der Waals surface area contributed by atoms with Gasteiger partial charge in [0.2, 0.25) is 0 Å². The van der Waals surface area contributed by atoms with E-state index in [4.69, 9.17) is 10.5 Å². The van der Waals surface area contributed by atoms with Crippen molar-refractivity contribution in [2.24, 2.45) is 0 Å². The van der Waals surface area contributed by atoms with E-state index in [-0.39, 0.29) is 18.8 Å². The molecule has 0 amide bonds. The van der Waals surface area contributed by atoms with Crippen molar-refractivity contribution in [3.63, 3.8) is 0 Å². The molecule has 5 heteroatoms. The first-order valence-electron chi connectivity index (χ1n) is 4.90. The number of halogens is 3. The van der Waals surface area contributed by atoms with Gasteiger partial charge in [-0.2, -0.15) is 23.7 Å². The molecule has 0 N–H and O–H groups in total. The van der Waals surface area contributed by atoms with E-state index < -0.39 is 11.7 Å². The lowest BCUT2D eigenvalue weighted by Gasteiger charge is -2.12. The molecule has 2 nitrogen and oxygen atoms in total. The van der Waals surface area contributed by atoms with Crippen molar-refractivity contribution in [1.29, 1.82) is 10.5 Å². The molecule has 0 radical (unpaired) electrons. The van der Waals surface area contributed by atoms with E-state index in [2.05, 4.69) is 0 Å². The van der Waals surface area contributed by atoms with Gasteiger partial charge in [0.25, 0.3) is 0 Å². The number of alkyl halides is 3. The maximum Gasteiger partial charge on any atom is 0.416 e. The highest BCUT2D eigenvalue weighted by Crippen LogP contribution is 2.31. The largest absolute Gasteiger partial charge is 0.416 e. The molecular weight excluding hydrogens is 229 g/mol. The fraction of sp³-hybridized carbons (Fsp3) is 0.333. The highest BCUT2D eigenvalue weighted by atomic mass is 19.4. The summed E-state index contributed by atoms with van der Waals surface area (Å²) < 4.78 is 36.9. The smallest absolute Gasteiger partial charge is 0.198 e. The third kappa shape index (κ3) is 3.49. The molecule has 0 bridgehead atoms. The first-order valence-corrected chi connectivity index (χ1v) is 4.90. The predicted octanol–water partition coefficient (Wildman–Crippen LogP) is 3.62. The van der Waals surface area contributed by atoms with E-state index >= 15 is 0 Å². The standard InChI is InChI=1S/C12H9F3N2/c13-12(14,15)11-3-1-9(2-4-11)10(5-7-16)6-8-17/h1-4,10H,5-6H2. The van der Waals surface area contributed by atoms with Gasteiger partial charge in [-0.05, 0) is 17.7 Å². The summed E-state index contributed by atoms with van der Waals surface area (Å²) in [4.78, 5) is 0. The number of rotatable bonds is 3. The summed E-state index contributed by atoms with van der Waals surface area (Å²) >= 11 is 0. The first kappa shape index (κ1) is 13.1. The van der Waals surface area contributed by atoms with Gasteiger partial charge in [0.15, 0.2) is 0 Å². The minimum atomic E-state index is -4.36. The Hall–Kier alpha value is -2.01. The molecule has 0 aliphatic rings. The Labute approximate surface area is 96.9 Å². The maximum absolute atomic E-state index is 12.3. The molecule has 0 aliphatic carbocycles. The van der Waals surface area contributed by atoms with Crippen LogP contribution < -0.4 is 0 Å². The van der Waals surface area contributed by atoms with Crippen molar-refractivity contribution in [2.45, 2.75) is 24.9 Å². The second-order valence-corrected chi connectivity index (χ2v) is 3.54. The fourth-order valence-electron chi connectivity index (χ4n) is 1.47. The van der Waals surface area contributed by atoms with Gasteiger partial charge >= 0.3 is 6.18 Å². The Balaban J connectivity index is 2.93. The van der Waals surface area contributed by atoms with E-state index in [0.29, 0.717) is 5.56 Å². The van der Waals surface area contributed by atoms with E-state index in [1.807, 2.05) is 12.1 Å². The molecule has 0 heterocycles. The number of hydrogen-bond acceptors (Lipinski definition) is 2. The summed E-state index contributed by atoms with van der Waals surface area (Å²) in [5.41, 5.74) is -0.144. The summed E-state index contributed by atoms with van der Waals surface area (Å²) in [5.74, 6) is -0.327. The second kappa shape index (κ2) is 5.36. The van der Waals surface area contributed by atoms with Crippen LogP contribution in [0.4, 0.5) is 13.2 Å². The fourth-order valence-corrected chi connectivity index (χ4v) is 1.47. The quantitative estimate of drug-likeness (QED) is 0.807. The average molecular weight is 238 g/mol. The van der Waals surface area contributed by atoms with Gasteiger partial charge < -0.3 is 0 Å². The van der Waals surface area contributed by atoms with Crippen LogP contribution >= 0.6 is 0 Å². The van der Waals surface area contributed by atoms with Crippen LogP contribution in [0.3, 0.4) is 0 Å². The van der Waals surface area contributed by atoms with Gasteiger partial charge in [-0.15, -0.1) is 0 Å². The summed E-state index contributed by atoms with van der Waals surface area (Å²) in [6.07, 6.45) is -4.11. The normalized spacial score (nSPS) is 10.9. The van der Waals surface area contributed by atoms with Crippen molar-refractivity contribution < 1.29 is 13.2 Å². The Morgan fingerprint density at radius 1 is 1.00 bits per heavy atom. The lowest BCUT2D eigenvalue weighted by atomic mass is 9.93. The molecule has 0 unspecified atom stereocenters. The molecule has 0 atom stereocenters. The minimum Gasteiger partial charge on any atom is -0.198 e. The zero-order valence-electron chi connectivity index (χ0n) is 8.83. The maximum atomic E-state index is 12.3. The second-order valence-electron chi connectivity index (χ2n) is 3.54. The van der Waals surface area contributed by atoms with Gasteiger partial charge in [0, 0.05) is 18.8 Å². The molecule has 1 aromatic carbocycles. The lowest BCUT2D eigenvalue weighted by molar-refractivity contribution is -0.137. The Morgan fingerprint density at radius 3 is 1.82 bits per heavy atom. The SMILES string of the molecule is N#CCC(CC#N)c1ccc(C(F)(F)F)cc1. The minimum absolute atomic E-state index is 0.124. The van der Waals surface area contributed by atoms with E-state index in [9.17, 15) is 13.2 Å². The molecule has 0 aromatic heterocycles. The van der Waals surface area contributed by atoms with Gasteiger partial charge in [0.1, 0.15) is 0 Å². The molecule has 0 saturated heterocycles. The van der Waals surface area contributed by atoms with Crippen molar-refractivity contribution in [3.05, 3.63) is 35.4 Å². The van der Waals surface area contributed by atoms with Crippen LogP contribution in [0.1, 0.15) is 29.9 Å². The van der Waals surface area contributed by atoms with Gasteiger partial charge in [-0.3, -0.25) is 0 Å². The van der Waals surface area contributed by atoms with Crippen LogP contribution in [0.15, 0.2) is 24.3 Å². The van der Waals surface area contributed by atoms with Gasteiger partial charge in [-0.25, -0.2) is 0 Å². The zero-order chi connectivity index (χ0) is 12.9. The van der Waals surface area contributed by atoms with Crippen molar-refractivity contribution in [1.82, 2.24) is 0 Å². The summed E-state index contributed by atoms with van der Waals surface area (Å²) in [5, 5.41) is 17.1. The molecule has 17 heavy (non-hydrogen) atoms. The molecule has 0 saturated carbocycles. The Morgan fingerprint density at radius 2 is 1.47 bits per heavy atom. The molecule has 0 aliphatic heterocycles. The third-order valence-electron chi connectivity index (χ3n) is 2.38. The van der Waals surface area contributed by atoms with E-state index in [1.165, 1.54) is 12.1 Å². The van der Waals surface area contributed by atoms with Crippen LogP contribution in [-0.4, -0.2) is 0 Å². The topological polar surface area (TPSA) is 47.6 Å². The van der Waals surface area contributed by atoms with Crippen molar-refractivity contribution >= 4 is 0 Å². The highest BCUT2D eigenvalue weighted by Gasteiger charge is 2.30. The average Bonchev–Trinajstić information content (AvgIpc) is 2.28. The Bertz CT molecular complexity index is 433. The molecule has 0 fully saturated rings.